The van der Waals surface area contributed by atoms with Crippen LogP contribution in [0.1, 0.15) is 36.5 Å². The van der Waals surface area contributed by atoms with Crippen molar-refractivity contribution in [2.24, 2.45) is 5.92 Å². The Morgan fingerprint density at radius 3 is 2.41 bits per heavy atom. The molecule has 0 saturated carbocycles. The summed E-state index contributed by atoms with van der Waals surface area (Å²) in [7, 11) is 3.48. The molecule has 0 aliphatic rings. The van der Waals surface area contributed by atoms with Gasteiger partial charge in [0.05, 0.1) is 13.5 Å². The molecule has 0 radical (unpaired) electrons. The summed E-state index contributed by atoms with van der Waals surface area (Å²) < 4.78 is 5.07. The number of rotatable bonds is 10. The fourth-order valence-electron chi connectivity index (χ4n) is 2.34. The molecule has 5 heteroatoms. The molecule has 0 heterocycles. The molecule has 0 amide bonds. The molecule has 1 aromatic rings. The number of benzene rings is 1. The average molecular weight is 307 g/mol. The molecule has 1 atom stereocenters. The van der Waals surface area contributed by atoms with Gasteiger partial charge in [-0.3, -0.25) is 9.59 Å². The summed E-state index contributed by atoms with van der Waals surface area (Å²) in [5, 5.41) is 9.06. The highest BCUT2D eigenvalue weighted by Gasteiger charge is 2.24. The van der Waals surface area contributed by atoms with Crippen molar-refractivity contribution >= 4 is 11.8 Å². The molecular weight excluding hydrogens is 282 g/mol. The standard InChI is InChI=1S/C17H25NO4/c1-4-5-10-18(2)12-14(11-16(19)20)17(21)13-6-8-15(22-3)9-7-13/h6-9,14H,4-5,10-12H2,1-3H3,(H,19,20). The third kappa shape index (κ3) is 5.85. The number of carboxylic acids is 1. The van der Waals surface area contributed by atoms with Crippen LogP contribution in [-0.2, 0) is 4.79 Å². The maximum absolute atomic E-state index is 12.6. The molecule has 0 bridgehead atoms. The minimum atomic E-state index is -0.948. The molecule has 22 heavy (non-hydrogen) atoms. The number of methoxy groups -OCH3 is 1. The highest BCUT2D eigenvalue weighted by Crippen LogP contribution is 2.18. The van der Waals surface area contributed by atoms with E-state index in [4.69, 9.17) is 9.84 Å². The van der Waals surface area contributed by atoms with E-state index >= 15 is 0 Å². The van der Waals surface area contributed by atoms with Crippen molar-refractivity contribution in [3.63, 3.8) is 0 Å². The minimum absolute atomic E-state index is 0.131. The first-order valence-electron chi connectivity index (χ1n) is 7.56. The molecule has 5 nitrogen and oxygen atoms in total. The molecular formula is C17H25NO4. The molecule has 0 aromatic heterocycles. The number of carbonyl (C=O) groups excluding carboxylic acids is 1. The fourth-order valence-corrected chi connectivity index (χ4v) is 2.34. The average Bonchev–Trinajstić information content (AvgIpc) is 2.51. The number of unbranched alkanes of at least 4 members (excludes halogenated alkanes) is 1. The summed E-state index contributed by atoms with van der Waals surface area (Å²) in [5.41, 5.74) is 0.524. The van der Waals surface area contributed by atoms with Crippen molar-refractivity contribution in [3.05, 3.63) is 29.8 Å². The number of ketones is 1. The molecule has 1 N–H and O–H groups in total. The van der Waals surface area contributed by atoms with Crippen LogP contribution in [0.5, 0.6) is 5.75 Å². The number of nitrogens with zero attached hydrogens (tertiary/aromatic N) is 1. The fraction of sp³-hybridized carbons (Fsp3) is 0.529. The van der Waals surface area contributed by atoms with Gasteiger partial charge >= 0.3 is 5.97 Å². The summed E-state index contributed by atoms with van der Waals surface area (Å²) in [4.78, 5) is 25.6. The Morgan fingerprint density at radius 1 is 1.27 bits per heavy atom. The zero-order valence-corrected chi connectivity index (χ0v) is 13.5. The van der Waals surface area contributed by atoms with E-state index in [1.807, 2.05) is 11.9 Å². The lowest BCUT2D eigenvalue weighted by molar-refractivity contribution is -0.137. The van der Waals surface area contributed by atoms with Crippen LogP contribution in [0, 0.1) is 5.92 Å². The first kappa shape index (κ1) is 18.2. The Kier molecular flexibility index (Phi) is 7.60. The van der Waals surface area contributed by atoms with Crippen LogP contribution in [0.4, 0.5) is 0 Å². The summed E-state index contributed by atoms with van der Waals surface area (Å²) >= 11 is 0. The van der Waals surface area contributed by atoms with Gasteiger partial charge in [-0.2, -0.15) is 0 Å². The number of aliphatic carboxylic acids is 1. The normalized spacial score (nSPS) is 12.2. The van der Waals surface area contributed by atoms with Crippen LogP contribution in [-0.4, -0.2) is 49.0 Å². The summed E-state index contributed by atoms with van der Waals surface area (Å²) in [6, 6.07) is 6.79. The Balaban J connectivity index is 2.80. The lowest BCUT2D eigenvalue weighted by Gasteiger charge is -2.22. The maximum atomic E-state index is 12.6. The number of hydrogen-bond donors (Lipinski definition) is 1. The number of ether oxygens (including phenoxy) is 1. The Labute approximate surface area is 131 Å². The third-order valence-electron chi connectivity index (χ3n) is 3.59. The second-order valence-electron chi connectivity index (χ2n) is 5.50. The molecule has 1 rings (SSSR count). The van der Waals surface area contributed by atoms with Gasteiger partial charge in [0.25, 0.3) is 0 Å². The Hall–Kier alpha value is -1.88. The monoisotopic (exact) mass is 307 g/mol. The first-order valence-corrected chi connectivity index (χ1v) is 7.56. The van der Waals surface area contributed by atoms with E-state index in [0.29, 0.717) is 17.9 Å². The predicted molar refractivity (Wildman–Crippen MR) is 85.5 cm³/mol. The van der Waals surface area contributed by atoms with Gasteiger partial charge in [-0.1, -0.05) is 13.3 Å². The highest BCUT2D eigenvalue weighted by molar-refractivity contribution is 5.99. The van der Waals surface area contributed by atoms with E-state index in [-0.39, 0.29) is 12.2 Å². The van der Waals surface area contributed by atoms with Crippen LogP contribution in [0.15, 0.2) is 24.3 Å². The second-order valence-corrected chi connectivity index (χ2v) is 5.50. The van der Waals surface area contributed by atoms with Gasteiger partial charge in [-0.15, -0.1) is 0 Å². The van der Waals surface area contributed by atoms with Crippen molar-refractivity contribution < 1.29 is 19.4 Å². The van der Waals surface area contributed by atoms with E-state index in [9.17, 15) is 9.59 Å². The predicted octanol–water partition coefficient (Wildman–Crippen LogP) is 2.70. The number of carbonyl (C=O) groups is 2. The molecule has 0 aliphatic heterocycles. The molecule has 1 aromatic carbocycles. The van der Waals surface area contributed by atoms with Gasteiger partial charge in [0.15, 0.2) is 5.78 Å². The van der Waals surface area contributed by atoms with Crippen LogP contribution in [0.25, 0.3) is 0 Å². The quantitative estimate of drug-likeness (QED) is 0.673. The van der Waals surface area contributed by atoms with Gasteiger partial charge < -0.3 is 14.7 Å². The Bertz CT molecular complexity index is 484. The summed E-state index contributed by atoms with van der Waals surface area (Å²) in [6.45, 7) is 3.42. The Morgan fingerprint density at radius 2 is 1.91 bits per heavy atom. The van der Waals surface area contributed by atoms with Gasteiger partial charge in [-0.05, 0) is 44.3 Å². The summed E-state index contributed by atoms with van der Waals surface area (Å²) in [6.07, 6.45) is 1.95. The van der Waals surface area contributed by atoms with E-state index in [1.54, 1.807) is 31.4 Å². The van der Waals surface area contributed by atoms with E-state index in [0.717, 1.165) is 19.4 Å². The van der Waals surface area contributed by atoms with Crippen LogP contribution in [0.2, 0.25) is 0 Å². The van der Waals surface area contributed by atoms with Gasteiger partial charge in [0.2, 0.25) is 0 Å². The van der Waals surface area contributed by atoms with Crippen LogP contribution in [0.3, 0.4) is 0 Å². The van der Waals surface area contributed by atoms with Gasteiger partial charge in [-0.25, -0.2) is 0 Å². The minimum Gasteiger partial charge on any atom is -0.497 e. The van der Waals surface area contributed by atoms with Crippen molar-refractivity contribution in [1.82, 2.24) is 4.90 Å². The molecule has 0 saturated heterocycles. The molecule has 122 valence electrons. The van der Waals surface area contributed by atoms with Gasteiger partial charge in [0, 0.05) is 18.0 Å². The lowest BCUT2D eigenvalue weighted by atomic mass is 9.94. The molecule has 0 fully saturated rings. The zero-order valence-electron chi connectivity index (χ0n) is 13.5. The lowest BCUT2D eigenvalue weighted by Crippen LogP contribution is -2.32. The highest BCUT2D eigenvalue weighted by atomic mass is 16.5. The van der Waals surface area contributed by atoms with Crippen molar-refractivity contribution in [2.45, 2.75) is 26.2 Å². The number of Topliss-reactive ketones (excluding diaryl/α,β-unsaturated/α-hetero) is 1. The summed E-state index contributed by atoms with van der Waals surface area (Å²) in [5.74, 6) is -0.941. The topological polar surface area (TPSA) is 66.8 Å². The van der Waals surface area contributed by atoms with E-state index < -0.39 is 11.9 Å². The van der Waals surface area contributed by atoms with Crippen molar-refractivity contribution in [1.29, 1.82) is 0 Å². The van der Waals surface area contributed by atoms with E-state index in [1.165, 1.54) is 0 Å². The van der Waals surface area contributed by atoms with Crippen LogP contribution >= 0.6 is 0 Å². The SMILES string of the molecule is CCCCN(C)CC(CC(=O)O)C(=O)c1ccc(OC)cc1. The van der Waals surface area contributed by atoms with Crippen molar-refractivity contribution in [2.75, 3.05) is 27.2 Å². The van der Waals surface area contributed by atoms with Crippen molar-refractivity contribution in [3.8, 4) is 5.75 Å². The molecule has 0 spiro atoms. The third-order valence-corrected chi connectivity index (χ3v) is 3.59. The largest absolute Gasteiger partial charge is 0.497 e. The van der Waals surface area contributed by atoms with E-state index in [2.05, 4.69) is 6.92 Å². The molecule has 0 aliphatic carbocycles. The zero-order chi connectivity index (χ0) is 16.5. The number of hydrogen-bond acceptors (Lipinski definition) is 4. The smallest absolute Gasteiger partial charge is 0.304 e. The van der Waals surface area contributed by atoms with Crippen LogP contribution < -0.4 is 4.74 Å². The maximum Gasteiger partial charge on any atom is 0.304 e. The number of carboxylic acid groups (broad SMARTS) is 1. The molecule has 1 unspecified atom stereocenters. The first-order chi connectivity index (χ1) is 10.5. The second kappa shape index (κ2) is 9.20. The van der Waals surface area contributed by atoms with Gasteiger partial charge in [0.1, 0.15) is 5.75 Å².